The van der Waals surface area contributed by atoms with Crippen LogP contribution in [0.2, 0.25) is 0 Å². The lowest BCUT2D eigenvalue weighted by molar-refractivity contribution is -0.121. The average molecular weight is 426 g/mol. The fourth-order valence-corrected chi connectivity index (χ4v) is 3.82. The van der Waals surface area contributed by atoms with Crippen LogP contribution >= 0.6 is 0 Å². The molecule has 5 aromatic rings. The van der Waals surface area contributed by atoms with Crippen LogP contribution in [-0.4, -0.2) is 20.0 Å². The van der Waals surface area contributed by atoms with Gasteiger partial charge in [0, 0.05) is 26.1 Å². The highest BCUT2D eigenvalue weighted by molar-refractivity contribution is 5.77. The van der Waals surface area contributed by atoms with Gasteiger partial charge in [0.05, 0.1) is 22.9 Å². The molecule has 5 rings (SSSR count). The molecule has 0 aliphatic rings. The van der Waals surface area contributed by atoms with Crippen LogP contribution in [0, 0.1) is 0 Å². The van der Waals surface area contributed by atoms with Crippen LogP contribution in [0.25, 0.3) is 22.1 Å². The first-order valence-electron chi connectivity index (χ1n) is 10.5. The molecule has 0 aliphatic heterocycles. The number of aryl methyl sites for hydroxylation is 1. The molecule has 3 aromatic carbocycles. The van der Waals surface area contributed by atoms with E-state index in [1.807, 2.05) is 54.9 Å². The molecule has 0 spiro atoms. The molecule has 0 radical (unpaired) electrons. The third-order valence-corrected chi connectivity index (χ3v) is 5.53. The number of aromatic nitrogens is 3. The summed E-state index contributed by atoms with van der Waals surface area (Å²) in [6.45, 7) is 1.45. The van der Waals surface area contributed by atoms with Crippen LogP contribution in [-0.2, 0) is 24.4 Å². The standard InChI is InChI=1S/C25H22N4O3/c30-24(13-14-29-22-7-3-4-8-23(22)32-25(29)31)26-15-18-9-11-19(12-10-18)16-28-17-27-20-5-1-2-6-21(20)28/h1-12,17H,13-16H2,(H,26,30). The Labute approximate surface area is 183 Å². The van der Waals surface area contributed by atoms with Gasteiger partial charge in [-0.2, -0.15) is 0 Å². The van der Waals surface area contributed by atoms with Gasteiger partial charge in [-0.05, 0) is 35.4 Å². The number of fused-ring (bicyclic) bond motifs is 2. The summed E-state index contributed by atoms with van der Waals surface area (Å²) in [7, 11) is 0. The predicted octanol–water partition coefficient (Wildman–Crippen LogP) is 3.70. The van der Waals surface area contributed by atoms with E-state index in [0.29, 0.717) is 17.6 Å². The summed E-state index contributed by atoms with van der Waals surface area (Å²) in [4.78, 5) is 28.7. The van der Waals surface area contributed by atoms with Crippen LogP contribution in [0.15, 0.2) is 88.3 Å². The Bertz CT molecular complexity index is 1440. The molecule has 0 fully saturated rings. The highest BCUT2D eigenvalue weighted by Gasteiger charge is 2.10. The Kier molecular flexibility index (Phi) is 5.29. The van der Waals surface area contributed by atoms with Gasteiger partial charge in [-0.15, -0.1) is 0 Å². The van der Waals surface area contributed by atoms with Gasteiger partial charge in [-0.3, -0.25) is 9.36 Å². The topological polar surface area (TPSA) is 82.1 Å². The average Bonchev–Trinajstić information content (AvgIpc) is 3.37. The number of carbonyl (C=O) groups is 1. The molecule has 1 amide bonds. The zero-order valence-corrected chi connectivity index (χ0v) is 17.4. The molecule has 7 heteroatoms. The molecular weight excluding hydrogens is 404 g/mol. The highest BCUT2D eigenvalue weighted by Crippen LogP contribution is 2.15. The lowest BCUT2D eigenvalue weighted by Gasteiger charge is -2.08. The number of amides is 1. The molecular formula is C25H22N4O3. The molecule has 0 saturated heterocycles. The number of hydrogen-bond acceptors (Lipinski definition) is 4. The van der Waals surface area contributed by atoms with Crippen molar-refractivity contribution in [1.29, 1.82) is 0 Å². The van der Waals surface area contributed by atoms with Gasteiger partial charge in [0.1, 0.15) is 0 Å². The summed E-state index contributed by atoms with van der Waals surface area (Å²) in [5.74, 6) is -0.559. The first-order valence-corrected chi connectivity index (χ1v) is 10.5. The van der Waals surface area contributed by atoms with Crippen LogP contribution in [0.3, 0.4) is 0 Å². The third kappa shape index (κ3) is 4.05. The zero-order valence-electron chi connectivity index (χ0n) is 17.4. The van der Waals surface area contributed by atoms with E-state index in [-0.39, 0.29) is 18.9 Å². The fraction of sp³-hybridized carbons (Fsp3) is 0.160. The molecule has 2 heterocycles. The van der Waals surface area contributed by atoms with Crippen molar-refractivity contribution >= 4 is 28.0 Å². The van der Waals surface area contributed by atoms with E-state index in [0.717, 1.165) is 28.7 Å². The van der Waals surface area contributed by atoms with E-state index < -0.39 is 5.76 Å². The first kappa shape index (κ1) is 19.8. The number of rotatable bonds is 7. The van der Waals surface area contributed by atoms with Crippen molar-refractivity contribution in [2.24, 2.45) is 0 Å². The maximum Gasteiger partial charge on any atom is 0.419 e. The van der Waals surface area contributed by atoms with E-state index in [1.165, 1.54) is 4.57 Å². The molecule has 0 unspecified atom stereocenters. The van der Waals surface area contributed by atoms with Crippen molar-refractivity contribution < 1.29 is 9.21 Å². The summed E-state index contributed by atoms with van der Waals surface area (Å²) >= 11 is 0. The lowest BCUT2D eigenvalue weighted by Crippen LogP contribution is -2.25. The van der Waals surface area contributed by atoms with Gasteiger partial charge in [0.25, 0.3) is 0 Å². The lowest BCUT2D eigenvalue weighted by atomic mass is 10.1. The number of nitrogens with zero attached hydrogens (tertiary/aromatic N) is 3. The fourth-order valence-electron chi connectivity index (χ4n) is 3.82. The molecule has 160 valence electrons. The van der Waals surface area contributed by atoms with Crippen LogP contribution in [0.4, 0.5) is 0 Å². The van der Waals surface area contributed by atoms with Crippen LogP contribution in [0.1, 0.15) is 17.5 Å². The Morgan fingerprint density at radius 1 is 0.906 bits per heavy atom. The minimum Gasteiger partial charge on any atom is -0.408 e. The van der Waals surface area contributed by atoms with Crippen molar-refractivity contribution in [3.63, 3.8) is 0 Å². The molecule has 1 N–H and O–H groups in total. The van der Waals surface area contributed by atoms with E-state index in [1.54, 1.807) is 6.07 Å². The Morgan fingerprint density at radius 2 is 1.62 bits per heavy atom. The van der Waals surface area contributed by atoms with Crippen molar-refractivity contribution in [3.05, 3.63) is 101 Å². The molecule has 0 saturated carbocycles. The van der Waals surface area contributed by atoms with E-state index in [2.05, 4.69) is 33.1 Å². The van der Waals surface area contributed by atoms with Crippen molar-refractivity contribution in [2.75, 3.05) is 0 Å². The van der Waals surface area contributed by atoms with Gasteiger partial charge >= 0.3 is 5.76 Å². The van der Waals surface area contributed by atoms with Crippen molar-refractivity contribution in [1.82, 2.24) is 19.4 Å². The van der Waals surface area contributed by atoms with Crippen LogP contribution < -0.4 is 11.1 Å². The van der Waals surface area contributed by atoms with Crippen molar-refractivity contribution in [3.8, 4) is 0 Å². The minimum absolute atomic E-state index is 0.115. The smallest absolute Gasteiger partial charge is 0.408 e. The summed E-state index contributed by atoms with van der Waals surface area (Å²) in [6.07, 6.45) is 2.06. The van der Waals surface area contributed by atoms with Crippen LogP contribution in [0.5, 0.6) is 0 Å². The largest absolute Gasteiger partial charge is 0.419 e. The third-order valence-electron chi connectivity index (χ3n) is 5.53. The second-order valence-electron chi connectivity index (χ2n) is 7.69. The monoisotopic (exact) mass is 426 g/mol. The van der Waals surface area contributed by atoms with Gasteiger partial charge in [-0.25, -0.2) is 9.78 Å². The van der Waals surface area contributed by atoms with E-state index in [9.17, 15) is 9.59 Å². The number of nitrogens with one attached hydrogen (secondary N) is 1. The van der Waals surface area contributed by atoms with Gasteiger partial charge in [-0.1, -0.05) is 48.5 Å². The highest BCUT2D eigenvalue weighted by atomic mass is 16.4. The number of imidazole rings is 1. The number of carbonyl (C=O) groups excluding carboxylic acids is 1. The molecule has 2 aromatic heterocycles. The number of oxazole rings is 1. The predicted molar refractivity (Wildman–Crippen MR) is 122 cm³/mol. The first-order chi connectivity index (χ1) is 15.7. The molecule has 0 bridgehead atoms. The normalized spacial score (nSPS) is 11.2. The van der Waals surface area contributed by atoms with Crippen molar-refractivity contribution in [2.45, 2.75) is 26.1 Å². The zero-order chi connectivity index (χ0) is 21.9. The maximum absolute atomic E-state index is 12.3. The number of hydrogen-bond donors (Lipinski definition) is 1. The van der Waals surface area contributed by atoms with E-state index >= 15 is 0 Å². The number of benzene rings is 3. The SMILES string of the molecule is O=C(CCn1c(=O)oc2ccccc21)NCc1ccc(Cn2cnc3ccccc32)cc1. The van der Waals surface area contributed by atoms with Gasteiger partial charge in [0.2, 0.25) is 5.91 Å². The number of para-hydroxylation sites is 4. The Hall–Kier alpha value is -4.13. The second-order valence-corrected chi connectivity index (χ2v) is 7.69. The summed E-state index contributed by atoms with van der Waals surface area (Å²) in [6, 6.07) is 23.4. The molecule has 0 atom stereocenters. The Morgan fingerprint density at radius 3 is 2.47 bits per heavy atom. The minimum atomic E-state index is -0.444. The maximum atomic E-state index is 12.3. The van der Waals surface area contributed by atoms with Gasteiger partial charge in [0.15, 0.2) is 5.58 Å². The second kappa shape index (κ2) is 8.55. The summed E-state index contributed by atoms with van der Waals surface area (Å²) in [5, 5.41) is 2.92. The quantitative estimate of drug-likeness (QED) is 0.430. The summed E-state index contributed by atoms with van der Waals surface area (Å²) in [5.41, 5.74) is 5.50. The summed E-state index contributed by atoms with van der Waals surface area (Å²) < 4.78 is 8.81. The van der Waals surface area contributed by atoms with Gasteiger partial charge < -0.3 is 14.3 Å². The molecule has 7 nitrogen and oxygen atoms in total. The molecule has 32 heavy (non-hydrogen) atoms. The molecule has 0 aliphatic carbocycles. The van der Waals surface area contributed by atoms with E-state index in [4.69, 9.17) is 4.42 Å². The Balaban J connectivity index is 1.16.